The molecule has 2 aromatic heterocycles. The van der Waals surface area contributed by atoms with Crippen LogP contribution in [0.15, 0.2) is 53.8 Å². The molecular weight excluding hydrogens is 587 g/mol. The number of anilines is 3. The summed E-state index contributed by atoms with van der Waals surface area (Å²) in [6, 6.07) is 12.0. The van der Waals surface area contributed by atoms with Crippen molar-refractivity contribution in [2.24, 2.45) is 0 Å². The minimum absolute atomic E-state index is 0.155. The van der Waals surface area contributed by atoms with Crippen molar-refractivity contribution in [2.45, 2.75) is 45.8 Å². The largest absolute Gasteiger partial charge is 0.373 e. The van der Waals surface area contributed by atoms with Gasteiger partial charge in [-0.15, -0.1) is 16.9 Å². The molecule has 11 heteroatoms. The lowest BCUT2D eigenvalue weighted by molar-refractivity contribution is 0.220. The minimum atomic E-state index is -0.155. The third kappa shape index (κ3) is 5.49. The Morgan fingerprint density at radius 3 is 2.69 bits per heavy atom. The molecule has 0 unspecified atom stereocenters. The van der Waals surface area contributed by atoms with Gasteiger partial charge in [-0.05, 0) is 80.6 Å². The highest BCUT2D eigenvalue weighted by Crippen LogP contribution is 2.40. The van der Waals surface area contributed by atoms with Crippen molar-refractivity contribution >= 4 is 62.5 Å². The molecule has 2 aromatic carbocycles. The van der Waals surface area contributed by atoms with Crippen LogP contribution in [0, 0.1) is 18.3 Å². The fraction of sp³-hybridized carbons (Fsp3) is 0.290. The second-order valence-electron chi connectivity index (χ2n) is 11.1. The summed E-state index contributed by atoms with van der Waals surface area (Å²) in [5, 5.41) is 23.4. The maximum Gasteiger partial charge on any atom is 0.103 e. The lowest BCUT2D eigenvalue weighted by atomic mass is 9.96. The first-order valence-corrected chi connectivity index (χ1v) is 15.5. The molecule has 0 bridgehead atoms. The van der Waals surface area contributed by atoms with E-state index in [0.717, 1.165) is 47.5 Å². The lowest BCUT2D eigenvalue weighted by Gasteiger charge is -2.26. The SMILES string of the molecule is Cc1ccc(Nc2c(C#N)cnc3c(Cl)cc(N[C@H](C4=CN(C(C)C)NN4)c4csc5c4CCN(C)C5)cc23)cc1Cl. The molecule has 1 atom stereocenters. The maximum atomic E-state index is 9.97. The van der Waals surface area contributed by atoms with Gasteiger partial charge in [-0.2, -0.15) is 5.26 Å². The first kappa shape index (κ1) is 28.6. The summed E-state index contributed by atoms with van der Waals surface area (Å²) in [7, 11) is 2.17. The number of nitriles is 1. The minimum Gasteiger partial charge on any atom is -0.373 e. The average Bonchev–Trinajstić information content (AvgIpc) is 3.62. The molecule has 0 radical (unpaired) electrons. The van der Waals surface area contributed by atoms with Gasteiger partial charge in [-0.3, -0.25) is 9.99 Å². The Kier molecular flexibility index (Phi) is 7.92. The Morgan fingerprint density at radius 2 is 1.95 bits per heavy atom. The zero-order valence-corrected chi connectivity index (χ0v) is 26.2. The van der Waals surface area contributed by atoms with Crippen LogP contribution in [0.2, 0.25) is 10.0 Å². The molecule has 4 aromatic rings. The molecule has 42 heavy (non-hydrogen) atoms. The number of hydrazine groups is 2. The van der Waals surface area contributed by atoms with Gasteiger partial charge in [0.25, 0.3) is 0 Å². The fourth-order valence-electron chi connectivity index (χ4n) is 5.36. The molecule has 0 amide bonds. The molecule has 0 spiro atoms. The van der Waals surface area contributed by atoms with Crippen LogP contribution in [0.25, 0.3) is 10.9 Å². The van der Waals surface area contributed by atoms with Crippen LogP contribution >= 0.6 is 34.5 Å². The summed E-state index contributed by atoms with van der Waals surface area (Å²) in [4.78, 5) is 8.30. The van der Waals surface area contributed by atoms with E-state index in [-0.39, 0.29) is 12.1 Å². The van der Waals surface area contributed by atoms with Gasteiger partial charge in [0, 0.05) is 58.2 Å². The monoisotopic (exact) mass is 618 g/mol. The fourth-order valence-corrected chi connectivity index (χ4v) is 7.01. The summed E-state index contributed by atoms with van der Waals surface area (Å²) >= 11 is 15.1. The highest BCUT2D eigenvalue weighted by molar-refractivity contribution is 7.10. The van der Waals surface area contributed by atoms with E-state index in [1.165, 1.54) is 16.0 Å². The van der Waals surface area contributed by atoms with Gasteiger partial charge < -0.3 is 21.0 Å². The van der Waals surface area contributed by atoms with E-state index in [1.54, 1.807) is 6.20 Å². The number of pyridine rings is 1. The summed E-state index contributed by atoms with van der Waals surface area (Å²) in [5.74, 6) is 0. The zero-order valence-electron chi connectivity index (χ0n) is 23.8. The van der Waals surface area contributed by atoms with Gasteiger partial charge in [0.1, 0.15) is 6.07 Å². The number of aryl methyl sites for hydroxylation is 1. The van der Waals surface area contributed by atoms with E-state index in [1.807, 2.05) is 48.6 Å². The summed E-state index contributed by atoms with van der Waals surface area (Å²) in [6.45, 7) is 8.21. The van der Waals surface area contributed by atoms with Crippen LogP contribution in [0.1, 0.15) is 47.0 Å². The van der Waals surface area contributed by atoms with Gasteiger partial charge in [0.15, 0.2) is 0 Å². The smallest absolute Gasteiger partial charge is 0.103 e. The Balaban J connectivity index is 1.44. The second-order valence-corrected chi connectivity index (χ2v) is 12.9. The van der Waals surface area contributed by atoms with E-state index in [0.29, 0.717) is 26.8 Å². The van der Waals surface area contributed by atoms with E-state index >= 15 is 0 Å². The number of likely N-dealkylation sites (N-methyl/N-ethyl adjacent to an activating group) is 1. The molecule has 4 heterocycles. The third-order valence-corrected chi connectivity index (χ3v) is 9.48. The molecule has 6 rings (SSSR count). The molecule has 4 N–H and O–H groups in total. The Morgan fingerprint density at radius 1 is 1.14 bits per heavy atom. The zero-order chi connectivity index (χ0) is 29.5. The van der Waals surface area contributed by atoms with Crippen LogP contribution < -0.4 is 21.6 Å². The molecule has 2 aliphatic rings. The van der Waals surface area contributed by atoms with Crippen molar-refractivity contribution in [3.63, 3.8) is 0 Å². The Bertz CT molecular complexity index is 1740. The van der Waals surface area contributed by atoms with Crippen LogP contribution in [-0.2, 0) is 13.0 Å². The number of nitrogens with one attached hydrogen (secondary N) is 4. The molecule has 8 nitrogen and oxygen atoms in total. The molecule has 0 fully saturated rings. The van der Waals surface area contributed by atoms with E-state index in [2.05, 4.69) is 75.0 Å². The highest BCUT2D eigenvalue weighted by atomic mass is 35.5. The molecule has 0 saturated carbocycles. The molecule has 0 aliphatic carbocycles. The number of hydrogen-bond acceptors (Lipinski definition) is 9. The van der Waals surface area contributed by atoms with Crippen molar-refractivity contribution in [2.75, 3.05) is 24.2 Å². The maximum absolute atomic E-state index is 9.97. The first-order valence-electron chi connectivity index (χ1n) is 13.8. The molecule has 2 aliphatic heterocycles. The van der Waals surface area contributed by atoms with Crippen molar-refractivity contribution in [3.8, 4) is 6.07 Å². The summed E-state index contributed by atoms with van der Waals surface area (Å²) < 4.78 is 0. The van der Waals surface area contributed by atoms with Crippen molar-refractivity contribution in [3.05, 3.63) is 91.0 Å². The van der Waals surface area contributed by atoms with E-state index < -0.39 is 0 Å². The predicted molar refractivity (Wildman–Crippen MR) is 173 cm³/mol. The molecule has 0 saturated heterocycles. The summed E-state index contributed by atoms with van der Waals surface area (Å²) in [6.07, 6.45) is 4.67. The number of fused-ring (bicyclic) bond motifs is 2. The van der Waals surface area contributed by atoms with Crippen molar-refractivity contribution in [1.29, 1.82) is 5.26 Å². The first-order chi connectivity index (χ1) is 20.2. The number of rotatable bonds is 7. The topological polar surface area (TPSA) is 91.3 Å². The predicted octanol–water partition coefficient (Wildman–Crippen LogP) is 7.24. The van der Waals surface area contributed by atoms with Gasteiger partial charge >= 0.3 is 0 Å². The van der Waals surface area contributed by atoms with Gasteiger partial charge in [0.05, 0.1) is 33.5 Å². The quantitative estimate of drug-likeness (QED) is 0.172. The highest BCUT2D eigenvalue weighted by Gasteiger charge is 2.29. The van der Waals surface area contributed by atoms with Gasteiger partial charge in [-0.25, -0.2) is 0 Å². The number of halogens is 2. The van der Waals surface area contributed by atoms with Crippen molar-refractivity contribution in [1.82, 2.24) is 25.9 Å². The second kappa shape index (κ2) is 11.6. The number of nitrogens with zero attached hydrogens (tertiary/aromatic N) is 4. The number of benzene rings is 2. The van der Waals surface area contributed by atoms with E-state index in [4.69, 9.17) is 23.2 Å². The Hall–Kier alpha value is -3.52. The average molecular weight is 620 g/mol. The van der Waals surface area contributed by atoms with Gasteiger partial charge in [0.2, 0.25) is 0 Å². The van der Waals surface area contributed by atoms with Crippen molar-refractivity contribution < 1.29 is 0 Å². The third-order valence-electron chi connectivity index (χ3n) is 7.75. The van der Waals surface area contributed by atoms with E-state index in [9.17, 15) is 5.26 Å². The lowest BCUT2D eigenvalue weighted by Crippen LogP contribution is -2.41. The number of aromatic nitrogens is 1. The molecule has 216 valence electrons. The summed E-state index contributed by atoms with van der Waals surface area (Å²) in [5.41, 5.74) is 14.6. The normalized spacial score (nSPS) is 15.8. The van der Waals surface area contributed by atoms with Crippen LogP contribution in [-0.4, -0.2) is 34.5 Å². The standard InChI is InChI=1S/C31H32Cl2N8S/c1-17(2)41-14-27(38-39-41)31(24-16-42-28-15-40(4)8-7-22(24)28)37-21-9-23-29(36-20-6-5-18(3)25(32)10-20)19(12-34)13-35-30(23)26(33)11-21/h5-6,9-11,13-14,16-17,31,37-39H,7-8,15H2,1-4H3,(H,35,36)/t31-/m0/s1. The molecular formula is C31H32Cl2N8S. The number of thiophene rings is 1. The van der Waals surface area contributed by atoms with Crippen LogP contribution in [0.3, 0.4) is 0 Å². The number of hydrogen-bond donors (Lipinski definition) is 4. The van der Waals surface area contributed by atoms with Crippen LogP contribution in [0.5, 0.6) is 0 Å². The Labute approximate surface area is 259 Å². The van der Waals surface area contributed by atoms with Crippen LogP contribution in [0.4, 0.5) is 17.1 Å². The van der Waals surface area contributed by atoms with Gasteiger partial charge in [-0.1, -0.05) is 29.3 Å².